The number of fused-ring (bicyclic) bond motifs is 1. The fraction of sp³-hybridized carbons (Fsp3) is 0.222. The molecule has 0 fully saturated rings. The summed E-state index contributed by atoms with van der Waals surface area (Å²) in [4.78, 5) is 4.34. The van der Waals surface area contributed by atoms with Gasteiger partial charge in [0.05, 0.1) is 12.8 Å². The van der Waals surface area contributed by atoms with E-state index in [0.717, 1.165) is 21.6 Å². The molecule has 2 heterocycles. The summed E-state index contributed by atoms with van der Waals surface area (Å²) in [5.41, 5.74) is 1.83. The van der Waals surface area contributed by atoms with Gasteiger partial charge in [0, 0.05) is 16.9 Å². The molecule has 68 valence electrons. The lowest BCUT2D eigenvalue weighted by atomic mass is 10.4. The van der Waals surface area contributed by atoms with Crippen molar-refractivity contribution in [1.82, 2.24) is 9.38 Å². The Labute approximate surface area is 84.5 Å². The standard InChI is InChI=1S/C9H9BrN2O/c1-6-4-12-5-7(10)3-8(13-2)9(12)11-6/h3-5H,1-2H3. The zero-order valence-corrected chi connectivity index (χ0v) is 9.00. The average Bonchev–Trinajstić information content (AvgIpc) is 2.43. The average molecular weight is 241 g/mol. The predicted octanol–water partition coefficient (Wildman–Crippen LogP) is 2.41. The predicted molar refractivity (Wildman–Crippen MR) is 54.2 cm³/mol. The van der Waals surface area contributed by atoms with Crippen molar-refractivity contribution >= 4 is 21.6 Å². The zero-order valence-electron chi connectivity index (χ0n) is 7.41. The summed E-state index contributed by atoms with van der Waals surface area (Å²) in [6.45, 7) is 1.96. The monoisotopic (exact) mass is 240 g/mol. The van der Waals surface area contributed by atoms with Gasteiger partial charge in [-0.2, -0.15) is 0 Å². The fourth-order valence-electron chi connectivity index (χ4n) is 1.31. The molecular weight excluding hydrogens is 232 g/mol. The Morgan fingerprint density at radius 2 is 2.23 bits per heavy atom. The summed E-state index contributed by atoms with van der Waals surface area (Å²) in [5, 5.41) is 0. The third kappa shape index (κ3) is 1.42. The lowest BCUT2D eigenvalue weighted by Crippen LogP contribution is -1.89. The van der Waals surface area contributed by atoms with Gasteiger partial charge in [-0.15, -0.1) is 0 Å². The van der Waals surface area contributed by atoms with E-state index in [9.17, 15) is 0 Å². The summed E-state index contributed by atoms with van der Waals surface area (Å²) >= 11 is 3.40. The molecule has 2 rings (SSSR count). The Bertz CT molecular complexity index is 450. The van der Waals surface area contributed by atoms with Crippen molar-refractivity contribution in [3.63, 3.8) is 0 Å². The number of nitrogens with zero attached hydrogens (tertiary/aromatic N) is 2. The van der Waals surface area contributed by atoms with Gasteiger partial charge in [-0.05, 0) is 28.9 Å². The molecule has 0 atom stereocenters. The number of ether oxygens (including phenoxy) is 1. The number of pyridine rings is 1. The Hall–Kier alpha value is -1.03. The van der Waals surface area contributed by atoms with Crippen LogP contribution in [0.2, 0.25) is 0 Å². The molecule has 2 aromatic rings. The van der Waals surface area contributed by atoms with Crippen LogP contribution in [0.15, 0.2) is 22.9 Å². The van der Waals surface area contributed by atoms with Crippen molar-refractivity contribution in [3.8, 4) is 5.75 Å². The minimum atomic E-state index is 0.780. The van der Waals surface area contributed by atoms with Crippen molar-refractivity contribution < 1.29 is 4.74 Å². The van der Waals surface area contributed by atoms with E-state index in [2.05, 4.69) is 20.9 Å². The first-order valence-corrected chi connectivity index (χ1v) is 4.69. The van der Waals surface area contributed by atoms with Crippen LogP contribution in [0.4, 0.5) is 0 Å². The summed E-state index contributed by atoms with van der Waals surface area (Å²) in [6, 6.07) is 1.90. The van der Waals surface area contributed by atoms with E-state index in [0.29, 0.717) is 0 Å². The van der Waals surface area contributed by atoms with Gasteiger partial charge in [0.2, 0.25) is 0 Å². The largest absolute Gasteiger partial charge is 0.493 e. The van der Waals surface area contributed by atoms with Crippen molar-refractivity contribution in [2.24, 2.45) is 0 Å². The van der Waals surface area contributed by atoms with E-state index in [1.165, 1.54) is 0 Å². The Kier molecular flexibility index (Phi) is 2.00. The van der Waals surface area contributed by atoms with Gasteiger partial charge < -0.3 is 9.14 Å². The van der Waals surface area contributed by atoms with E-state index in [1.54, 1.807) is 7.11 Å². The molecule has 0 amide bonds. The van der Waals surface area contributed by atoms with Crippen LogP contribution in [0.25, 0.3) is 5.65 Å². The number of imidazole rings is 1. The van der Waals surface area contributed by atoms with Crippen molar-refractivity contribution in [1.29, 1.82) is 0 Å². The highest BCUT2D eigenvalue weighted by molar-refractivity contribution is 9.10. The molecule has 13 heavy (non-hydrogen) atoms. The van der Waals surface area contributed by atoms with Gasteiger partial charge in [-0.1, -0.05) is 0 Å². The first-order valence-electron chi connectivity index (χ1n) is 3.89. The number of aryl methyl sites for hydroxylation is 1. The molecule has 3 nitrogen and oxygen atoms in total. The van der Waals surface area contributed by atoms with E-state index in [4.69, 9.17) is 4.74 Å². The summed E-state index contributed by atoms with van der Waals surface area (Å²) in [6.07, 6.45) is 3.92. The van der Waals surface area contributed by atoms with Crippen molar-refractivity contribution in [2.45, 2.75) is 6.92 Å². The summed E-state index contributed by atoms with van der Waals surface area (Å²) < 4.78 is 8.13. The topological polar surface area (TPSA) is 26.5 Å². The van der Waals surface area contributed by atoms with Gasteiger partial charge >= 0.3 is 0 Å². The van der Waals surface area contributed by atoms with Gasteiger partial charge in [-0.25, -0.2) is 4.98 Å². The third-order valence-corrected chi connectivity index (χ3v) is 2.26. The molecule has 2 aromatic heterocycles. The van der Waals surface area contributed by atoms with E-state index < -0.39 is 0 Å². The molecule has 0 aromatic carbocycles. The SMILES string of the molecule is COc1cc(Br)cn2cc(C)nc12. The molecule has 0 spiro atoms. The molecule has 0 radical (unpaired) electrons. The Morgan fingerprint density at radius 1 is 1.46 bits per heavy atom. The van der Waals surface area contributed by atoms with E-state index in [-0.39, 0.29) is 0 Å². The first kappa shape index (κ1) is 8.56. The Balaban J connectivity index is 2.80. The van der Waals surface area contributed by atoms with Crippen LogP contribution in [-0.4, -0.2) is 16.5 Å². The highest BCUT2D eigenvalue weighted by Gasteiger charge is 2.05. The quantitative estimate of drug-likeness (QED) is 0.766. The number of halogens is 1. The van der Waals surface area contributed by atoms with E-state index >= 15 is 0 Å². The second-order valence-electron chi connectivity index (χ2n) is 2.84. The molecule has 0 bridgehead atoms. The van der Waals surface area contributed by atoms with Crippen LogP contribution in [0.5, 0.6) is 5.75 Å². The maximum atomic E-state index is 5.21. The van der Waals surface area contributed by atoms with Gasteiger partial charge in [-0.3, -0.25) is 0 Å². The zero-order chi connectivity index (χ0) is 9.42. The molecule has 0 N–H and O–H groups in total. The smallest absolute Gasteiger partial charge is 0.179 e. The summed E-state index contributed by atoms with van der Waals surface area (Å²) in [7, 11) is 1.64. The maximum Gasteiger partial charge on any atom is 0.179 e. The lowest BCUT2D eigenvalue weighted by Gasteiger charge is -2.02. The molecule has 0 aliphatic rings. The van der Waals surface area contributed by atoms with Crippen LogP contribution in [0.3, 0.4) is 0 Å². The minimum Gasteiger partial charge on any atom is -0.493 e. The van der Waals surface area contributed by atoms with Crippen LogP contribution in [0, 0.1) is 6.92 Å². The van der Waals surface area contributed by atoms with Gasteiger partial charge in [0.25, 0.3) is 0 Å². The molecule has 0 aliphatic carbocycles. The minimum absolute atomic E-state index is 0.780. The number of hydrogen-bond acceptors (Lipinski definition) is 2. The molecule has 0 saturated heterocycles. The van der Waals surface area contributed by atoms with Gasteiger partial charge in [0.1, 0.15) is 0 Å². The lowest BCUT2D eigenvalue weighted by molar-refractivity contribution is 0.416. The second kappa shape index (κ2) is 3.03. The van der Waals surface area contributed by atoms with Gasteiger partial charge in [0.15, 0.2) is 11.4 Å². The molecule has 4 heteroatoms. The maximum absolute atomic E-state index is 5.21. The molecular formula is C9H9BrN2O. The second-order valence-corrected chi connectivity index (χ2v) is 3.76. The highest BCUT2D eigenvalue weighted by Crippen LogP contribution is 2.23. The fourth-order valence-corrected chi connectivity index (χ4v) is 1.74. The number of methoxy groups -OCH3 is 1. The number of aromatic nitrogens is 2. The number of rotatable bonds is 1. The first-order chi connectivity index (χ1) is 6.20. The van der Waals surface area contributed by atoms with Crippen LogP contribution < -0.4 is 4.74 Å². The van der Waals surface area contributed by atoms with E-state index in [1.807, 2.05) is 29.8 Å². The van der Waals surface area contributed by atoms with Crippen molar-refractivity contribution in [3.05, 3.63) is 28.6 Å². The molecule has 0 unspecified atom stereocenters. The summed E-state index contributed by atoms with van der Waals surface area (Å²) in [5.74, 6) is 0.780. The Morgan fingerprint density at radius 3 is 2.92 bits per heavy atom. The van der Waals surface area contributed by atoms with Crippen molar-refractivity contribution in [2.75, 3.05) is 7.11 Å². The third-order valence-electron chi connectivity index (χ3n) is 1.82. The highest BCUT2D eigenvalue weighted by atomic mass is 79.9. The van der Waals surface area contributed by atoms with Crippen LogP contribution >= 0.6 is 15.9 Å². The normalized spacial score (nSPS) is 10.7. The molecule has 0 saturated carbocycles. The number of hydrogen-bond donors (Lipinski definition) is 0. The molecule has 0 aliphatic heterocycles. The van der Waals surface area contributed by atoms with Crippen LogP contribution in [0.1, 0.15) is 5.69 Å². The van der Waals surface area contributed by atoms with Crippen LogP contribution in [-0.2, 0) is 0 Å².